The van der Waals surface area contributed by atoms with E-state index in [0.29, 0.717) is 5.56 Å². The molecule has 0 saturated carbocycles. The highest BCUT2D eigenvalue weighted by molar-refractivity contribution is 6.21. The van der Waals surface area contributed by atoms with Gasteiger partial charge in [-0.15, -0.1) is 10.2 Å². The summed E-state index contributed by atoms with van der Waals surface area (Å²) in [6.07, 6.45) is 0. The van der Waals surface area contributed by atoms with Crippen LogP contribution in [0, 0.1) is 0 Å². The van der Waals surface area contributed by atoms with E-state index in [2.05, 4.69) is 34.5 Å². The Labute approximate surface area is 131 Å². The van der Waals surface area contributed by atoms with E-state index >= 15 is 0 Å². The van der Waals surface area contributed by atoms with Crippen LogP contribution >= 0.6 is 0 Å². The van der Waals surface area contributed by atoms with E-state index in [1.807, 2.05) is 18.2 Å². The zero-order valence-electron chi connectivity index (χ0n) is 12.1. The van der Waals surface area contributed by atoms with Gasteiger partial charge in [0.15, 0.2) is 0 Å². The van der Waals surface area contributed by atoms with E-state index in [4.69, 9.17) is 5.73 Å². The number of hydrogen-bond donors (Lipinski definition) is 1. The third kappa shape index (κ3) is 1.57. The van der Waals surface area contributed by atoms with Crippen LogP contribution < -0.4 is 5.73 Å². The fraction of sp³-hybridized carbons (Fsp3) is 0. The molecule has 1 amide bonds. The SMILES string of the molecule is NC(=O)c1ccc2cc3cc4ccccc4c4c3c(c2c1)N=N4. The molecule has 23 heavy (non-hydrogen) atoms. The molecule has 0 radical (unpaired) electrons. The Hall–Kier alpha value is -3.27. The summed E-state index contributed by atoms with van der Waals surface area (Å²) in [5.41, 5.74) is 7.61. The minimum absolute atomic E-state index is 0.437. The van der Waals surface area contributed by atoms with Crippen LogP contribution in [0.4, 0.5) is 11.4 Å². The number of nitrogens with two attached hydrogens (primary N) is 1. The fourth-order valence-electron chi connectivity index (χ4n) is 3.36. The third-order valence-corrected chi connectivity index (χ3v) is 4.44. The highest BCUT2D eigenvalue weighted by Gasteiger charge is 2.19. The molecular formula is C19H11N3O. The first-order valence-electron chi connectivity index (χ1n) is 7.36. The molecule has 0 unspecified atom stereocenters. The van der Waals surface area contributed by atoms with Crippen molar-refractivity contribution in [1.82, 2.24) is 0 Å². The molecule has 0 bridgehead atoms. The van der Waals surface area contributed by atoms with Gasteiger partial charge < -0.3 is 5.73 Å². The Morgan fingerprint density at radius 2 is 1.48 bits per heavy atom. The van der Waals surface area contributed by atoms with E-state index in [-0.39, 0.29) is 0 Å². The second kappa shape index (κ2) is 4.14. The number of primary amides is 1. The van der Waals surface area contributed by atoms with Crippen molar-refractivity contribution in [3.8, 4) is 0 Å². The molecule has 4 aromatic rings. The smallest absolute Gasteiger partial charge is 0.248 e. The Morgan fingerprint density at radius 3 is 2.26 bits per heavy atom. The van der Waals surface area contributed by atoms with E-state index < -0.39 is 5.91 Å². The molecule has 1 aliphatic rings. The van der Waals surface area contributed by atoms with Gasteiger partial charge in [0.25, 0.3) is 0 Å². The van der Waals surface area contributed by atoms with Gasteiger partial charge in [-0.05, 0) is 40.4 Å². The van der Waals surface area contributed by atoms with Crippen molar-refractivity contribution in [3.63, 3.8) is 0 Å². The zero-order valence-corrected chi connectivity index (χ0v) is 12.1. The lowest BCUT2D eigenvalue weighted by Gasteiger charge is -2.08. The first-order chi connectivity index (χ1) is 11.2. The molecule has 2 N–H and O–H groups in total. The number of amides is 1. The number of benzene rings is 4. The minimum Gasteiger partial charge on any atom is -0.366 e. The molecule has 0 spiro atoms. The number of carbonyl (C=O) groups is 1. The molecule has 4 nitrogen and oxygen atoms in total. The van der Waals surface area contributed by atoms with Crippen molar-refractivity contribution in [3.05, 3.63) is 60.2 Å². The predicted molar refractivity (Wildman–Crippen MR) is 91.7 cm³/mol. The highest BCUT2D eigenvalue weighted by Crippen LogP contribution is 2.48. The molecule has 108 valence electrons. The molecule has 0 fully saturated rings. The highest BCUT2D eigenvalue weighted by atomic mass is 16.1. The van der Waals surface area contributed by atoms with E-state index in [9.17, 15) is 4.79 Å². The lowest BCUT2D eigenvalue weighted by Crippen LogP contribution is -2.10. The van der Waals surface area contributed by atoms with Crippen LogP contribution in [0.2, 0.25) is 0 Å². The Balaban J connectivity index is 2.01. The molecule has 0 aliphatic carbocycles. The van der Waals surface area contributed by atoms with Gasteiger partial charge in [0, 0.05) is 21.7 Å². The fourth-order valence-corrected chi connectivity index (χ4v) is 3.36. The normalized spacial score (nSPS) is 12.5. The van der Waals surface area contributed by atoms with Crippen LogP contribution in [-0.2, 0) is 0 Å². The summed E-state index contributed by atoms with van der Waals surface area (Å²) in [4.78, 5) is 11.5. The van der Waals surface area contributed by atoms with E-state index in [0.717, 1.165) is 43.7 Å². The molecule has 0 atom stereocenters. The van der Waals surface area contributed by atoms with Gasteiger partial charge in [0.1, 0.15) is 11.4 Å². The first kappa shape index (κ1) is 12.3. The molecule has 5 rings (SSSR count). The number of nitrogens with zero attached hydrogens (tertiary/aromatic N) is 2. The van der Waals surface area contributed by atoms with Gasteiger partial charge >= 0.3 is 0 Å². The molecular weight excluding hydrogens is 286 g/mol. The van der Waals surface area contributed by atoms with Gasteiger partial charge in [-0.25, -0.2) is 0 Å². The molecule has 1 heterocycles. The lowest BCUT2D eigenvalue weighted by atomic mass is 9.96. The summed E-state index contributed by atoms with van der Waals surface area (Å²) < 4.78 is 0. The maximum atomic E-state index is 11.5. The maximum Gasteiger partial charge on any atom is 0.248 e. The van der Waals surface area contributed by atoms with Crippen LogP contribution in [-0.4, -0.2) is 5.91 Å². The number of hydrogen-bond acceptors (Lipinski definition) is 3. The molecule has 0 saturated heterocycles. The summed E-state index contributed by atoms with van der Waals surface area (Å²) in [5.74, 6) is -0.437. The maximum absolute atomic E-state index is 11.5. The van der Waals surface area contributed by atoms with Crippen LogP contribution in [0.15, 0.2) is 64.8 Å². The summed E-state index contributed by atoms with van der Waals surface area (Å²) >= 11 is 0. The van der Waals surface area contributed by atoms with E-state index in [1.54, 1.807) is 12.1 Å². The van der Waals surface area contributed by atoms with E-state index in [1.165, 1.54) is 0 Å². The summed E-state index contributed by atoms with van der Waals surface area (Å²) in [6, 6.07) is 17.9. The topological polar surface area (TPSA) is 67.8 Å². The van der Waals surface area contributed by atoms with Crippen LogP contribution in [0.25, 0.3) is 32.3 Å². The number of fused-ring (bicyclic) bond motifs is 4. The molecule has 0 aromatic heterocycles. The quantitative estimate of drug-likeness (QED) is 0.436. The second-order valence-electron chi connectivity index (χ2n) is 5.77. The summed E-state index contributed by atoms with van der Waals surface area (Å²) in [6.45, 7) is 0. The average molecular weight is 297 g/mol. The van der Waals surface area contributed by atoms with Crippen molar-refractivity contribution in [2.75, 3.05) is 0 Å². The standard InChI is InChI=1S/C19H11N3O/c20-19(23)12-6-5-11-8-13-7-10-3-1-2-4-14(10)17-16(13)18(22-21-17)15(11)9-12/h1-9H,(H2,20,23). The van der Waals surface area contributed by atoms with Crippen LogP contribution in [0.3, 0.4) is 0 Å². The van der Waals surface area contributed by atoms with Crippen molar-refractivity contribution >= 4 is 49.6 Å². The second-order valence-corrected chi connectivity index (χ2v) is 5.77. The van der Waals surface area contributed by atoms with Crippen molar-refractivity contribution < 1.29 is 4.79 Å². The van der Waals surface area contributed by atoms with Crippen LogP contribution in [0.1, 0.15) is 10.4 Å². The lowest BCUT2D eigenvalue weighted by molar-refractivity contribution is 0.100. The molecule has 4 aromatic carbocycles. The van der Waals surface area contributed by atoms with Gasteiger partial charge in [-0.3, -0.25) is 4.79 Å². The number of azo groups is 1. The summed E-state index contributed by atoms with van der Waals surface area (Å²) in [7, 11) is 0. The van der Waals surface area contributed by atoms with Gasteiger partial charge in [-0.2, -0.15) is 0 Å². The third-order valence-electron chi connectivity index (χ3n) is 4.44. The zero-order chi connectivity index (χ0) is 15.6. The molecule has 1 aliphatic heterocycles. The van der Waals surface area contributed by atoms with Gasteiger partial charge in [0.05, 0.1) is 0 Å². The average Bonchev–Trinajstić information content (AvgIpc) is 3.01. The monoisotopic (exact) mass is 297 g/mol. The summed E-state index contributed by atoms with van der Waals surface area (Å²) in [5, 5.41) is 15.1. The Bertz CT molecular complexity index is 1190. The predicted octanol–water partition coefficient (Wildman–Crippen LogP) is 4.97. The first-order valence-corrected chi connectivity index (χ1v) is 7.36. The largest absolute Gasteiger partial charge is 0.366 e. The van der Waals surface area contributed by atoms with Crippen molar-refractivity contribution in [2.45, 2.75) is 0 Å². The minimum atomic E-state index is -0.437. The number of carbonyl (C=O) groups excluding carboxylic acids is 1. The van der Waals surface area contributed by atoms with Crippen molar-refractivity contribution in [2.24, 2.45) is 16.0 Å². The Kier molecular flexibility index (Phi) is 2.21. The molecule has 4 heteroatoms. The van der Waals surface area contributed by atoms with Crippen LogP contribution in [0.5, 0.6) is 0 Å². The Morgan fingerprint density at radius 1 is 0.783 bits per heavy atom. The van der Waals surface area contributed by atoms with Gasteiger partial charge in [-0.1, -0.05) is 30.3 Å². The number of rotatable bonds is 1. The van der Waals surface area contributed by atoms with Crippen molar-refractivity contribution in [1.29, 1.82) is 0 Å². The van der Waals surface area contributed by atoms with Gasteiger partial charge in [0.2, 0.25) is 5.91 Å².